The van der Waals surface area contributed by atoms with Crippen LogP contribution in [0.5, 0.6) is 0 Å². The third kappa shape index (κ3) is 2.38. The molecule has 0 aliphatic carbocycles. The molecule has 0 radical (unpaired) electrons. The lowest BCUT2D eigenvalue weighted by Crippen LogP contribution is -2.35. The van der Waals surface area contributed by atoms with E-state index in [0.717, 1.165) is 30.7 Å². The molecule has 4 heteroatoms. The van der Waals surface area contributed by atoms with Gasteiger partial charge in [0, 0.05) is 11.4 Å². The summed E-state index contributed by atoms with van der Waals surface area (Å²) in [4.78, 5) is 19.3. The minimum atomic E-state index is 0.0133. The molecule has 0 bridgehead atoms. The van der Waals surface area contributed by atoms with Gasteiger partial charge in [-0.05, 0) is 31.4 Å². The summed E-state index contributed by atoms with van der Waals surface area (Å²) in [6.45, 7) is 3.48. The zero-order valence-electron chi connectivity index (χ0n) is 8.86. The van der Waals surface area contributed by atoms with Crippen LogP contribution in [-0.4, -0.2) is 24.1 Å². The van der Waals surface area contributed by atoms with E-state index in [9.17, 15) is 4.79 Å². The summed E-state index contributed by atoms with van der Waals surface area (Å²) in [5, 5.41) is 1.49. The van der Waals surface area contributed by atoms with E-state index in [0.29, 0.717) is 6.61 Å². The summed E-state index contributed by atoms with van der Waals surface area (Å²) in [5.74, 6) is 0.0133. The maximum atomic E-state index is 11.9. The van der Waals surface area contributed by atoms with E-state index in [1.807, 2.05) is 12.1 Å². The van der Waals surface area contributed by atoms with Crippen LogP contribution >= 0.6 is 11.3 Å². The Bertz CT molecular complexity index is 342. The van der Waals surface area contributed by atoms with Gasteiger partial charge in [0.25, 0.3) is 5.91 Å². The smallest absolute Gasteiger partial charge is 0.271 e. The number of hydrogen-bond acceptors (Lipinski definition) is 3. The molecule has 2 heterocycles. The fourth-order valence-electron chi connectivity index (χ4n) is 1.56. The Hall–Kier alpha value is -0.870. The number of hydroxylamine groups is 2. The van der Waals surface area contributed by atoms with Crippen molar-refractivity contribution < 1.29 is 9.63 Å². The summed E-state index contributed by atoms with van der Waals surface area (Å²) >= 11 is 1.56. The summed E-state index contributed by atoms with van der Waals surface area (Å²) in [5.41, 5.74) is 0. The Balaban J connectivity index is 2.05. The molecule has 3 nitrogen and oxygen atoms in total. The van der Waals surface area contributed by atoms with Gasteiger partial charge in [-0.1, -0.05) is 6.92 Å². The van der Waals surface area contributed by atoms with E-state index in [1.54, 1.807) is 11.3 Å². The van der Waals surface area contributed by atoms with E-state index in [4.69, 9.17) is 4.84 Å². The molecule has 1 fully saturated rings. The highest BCUT2D eigenvalue weighted by atomic mass is 32.1. The monoisotopic (exact) mass is 225 g/mol. The van der Waals surface area contributed by atoms with Gasteiger partial charge in [0.05, 0.1) is 11.5 Å². The first-order chi connectivity index (χ1) is 7.31. The van der Waals surface area contributed by atoms with Crippen molar-refractivity contribution in [3.63, 3.8) is 0 Å². The third-order valence-corrected chi connectivity index (χ3v) is 3.67. The lowest BCUT2D eigenvalue weighted by atomic mass is 10.3. The maximum Gasteiger partial charge on any atom is 0.287 e. The van der Waals surface area contributed by atoms with E-state index < -0.39 is 0 Å². The van der Waals surface area contributed by atoms with Gasteiger partial charge in [-0.3, -0.25) is 9.63 Å². The lowest BCUT2D eigenvalue weighted by Gasteiger charge is -2.25. The van der Waals surface area contributed by atoms with Crippen LogP contribution in [0.2, 0.25) is 0 Å². The van der Waals surface area contributed by atoms with E-state index in [-0.39, 0.29) is 5.91 Å². The Morgan fingerprint density at radius 1 is 1.53 bits per heavy atom. The SMILES string of the molecule is CCc1ccc(C(=O)N2CCCCO2)s1. The molecule has 1 aromatic heterocycles. The third-order valence-electron chi connectivity index (χ3n) is 2.45. The van der Waals surface area contributed by atoms with Gasteiger partial charge in [-0.25, -0.2) is 5.06 Å². The van der Waals surface area contributed by atoms with Crippen LogP contribution in [0.15, 0.2) is 12.1 Å². The number of carbonyl (C=O) groups is 1. The van der Waals surface area contributed by atoms with Crippen LogP contribution in [0.25, 0.3) is 0 Å². The molecule has 1 saturated heterocycles. The largest absolute Gasteiger partial charge is 0.287 e. The minimum absolute atomic E-state index is 0.0133. The van der Waals surface area contributed by atoms with Crippen molar-refractivity contribution in [1.29, 1.82) is 0 Å². The highest BCUT2D eigenvalue weighted by molar-refractivity contribution is 7.14. The predicted octanol–water partition coefficient (Wildman–Crippen LogP) is 2.48. The first-order valence-corrected chi connectivity index (χ1v) is 6.16. The molecule has 1 amide bonds. The molecule has 82 valence electrons. The van der Waals surface area contributed by atoms with Crippen LogP contribution in [0.1, 0.15) is 34.3 Å². The second-order valence-electron chi connectivity index (χ2n) is 3.57. The summed E-state index contributed by atoms with van der Waals surface area (Å²) < 4.78 is 0. The van der Waals surface area contributed by atoms with Crippen molar-refractivity contribution >= 4 is 17.2 Å². The molecule has 0 saturated carbocycles. The maximum absolute atomic E-state index is 11.9. The number of thiophene rings is 1. The highest BCUT2D eigenvalue weighted by Crippen LogP contribution is 2.20. The van der Waals surface area contributed by atoms with Gasteiger partial charge in [-0.2, -0.15) is 0 Å². The number of carbonyl (C=O) groups excluding carboxylic acids is 1. The average Bonchev–Trinajstić information content (AvgIpc) is 2.78. The molecule has 0 unspecified atom stereocenters. The molecule has 15 heavy (non-hydrogen) atoms. The quantitative estimate of drug-likeness (QED) is 0.774. The van der Waals surface area contributed by atoms with Crippen LogP contribution in [0.3, 0.4) is 0 Å². The summed E-state index contributed by atoms with van der Waals surface area (Å²) in [6, 6.07) is 3.91. The minimum Gasteiger partial charge on any atom is -0.271 e. The normalized spacial score (nSPS) is 16.7. The van der Waals surface area contributed by atoms with Gasteiger partial charge in [0.15, 0.2) is 0 Å². The Labute approximate surface area is 93.6 Å². The first-order valence-electron chi connectivity index (χ1n) is 5.34. The van der Waals surface area contributed by atoms with Crippen molar-refractivity contribution in [2.45, 2.75) is 26.2 Å². The van der Waals surface area contributed by atoms with Gasteiger partial charge < -0.3 is 0 Å². The zero-order chi connectivity index (χ0) is 10.7. The molecule has 0 N–H and O–H groups in total. The lowest BCUT2D eigenvalue weighted by molar-refractivity contribution is -0.143. The number of hydrogen-bond donors (Lipinski definition) is 0. The number of aryl methyl sites for hydroxylation is 1. The molecule has 0 aromatic carbocycles. The van der Waals surface area contributed by atoms with Crippen LogP contribution in [0, 0.1) is 0 Å². The second kappa shape index (κ2) is 4.77. The fraction of sp³-hybridized carbons (Fsp3) is 0.545. The standard InChI is InChI=1S/C11H15NO2S/c1-2-9-5-6-10(15-9)11(13)12-7-3-4-8-14-12/h5-6H,2-4,7-8H2,1H3. The Morgan fingerprint density at radius 2 is 2.40 bits per heavy atom. The molecule has 0 atom stereocenters. The van der Waals surface area contributed by atoms with Gasteiger partial charge in [-0.15, -0.1) is 11.3 Å². The molecule has 1 aliphatic heterocycles. The molecular weight excluding hydrogens is 210 g/mol. The van der Waals surface area contributed by atoms with Crippen LogP contribution < -0.4 is 0 Å². The van der Waals surface area contributed by atoms with Crippen molar-refractivity contribution in [3.8, 4) is 0 Å². The van der Waals surface area contributed by atoms with Crippen molar-refractivity contribution in [2.75, 3.05) is 13.2 Å². The van der Waals surface area contributed by atoms with E-state index in [1.165, 1.54) is 9.94 Å². The molecular formula is C11H15NO2S. The van der Waals surface area contributed by atoms with Gasteiger partial charge in [0.1, 0.15) is 0 Å². The van der Waals surface area contributed by atoms with Crippen molar-refractivity contribution in [3.05, 3.63) is 21.9 Å². The van der Waals surface area contributed by atoms with Crippen LogP contribution in [-0.2, 0) is 11.3 Å². The van der Waals surface area contributed by atoms with Crippen molar-refractivity contribution in [1.82, 2.24) is 5.06 Å². The first kappa shape index (κ1) is 10.6. The molecule has 2 rings (SSSR count). The van der Waals surface area contributed by atoms with Crippen molar-refractivity contribution in [2.24, 2.45) is 0 Å². The van der Waals surface area contributed by atoms with Gasteiger partial charge in [0.2, 0.25) is 0 Å². The topological polar surface area (TPSA) is 29.5 Å². The fourth-order valence-corrected chi connectivity index (χ4v) is 2.45. The average molecular weight is 225 g/mol. The summed E-state index contributed by atoms with van der Waals surface area (Å²) in [6.07, 6.45) is 3.07. The number of rotatable bonds is 2. The number of amides is 1. The number of nitrogens with zero attached hydrogens (tertiary/aromatic N) is 1. The highest BCUT2D eigenvalue weighted by Gasteiger charge is 2.20. The van der Waals surface area contributed by atoms with E-state index in [2.05, 4.69) is 6.92 Å². The predicted molar refractivity (Wildman–Crippen MR) is 59.9 cm³/mol. The Morgan fingerprint density at radius 3 is 3.00 bits per heavy atom. The molecule has 1 aliphatic rings. The van der Waals surface area contributed by atoms with Gasteiger partial charge >= 0.3 is 0 Å². The van der Waals surface area contributed by atoms with Crippen LogP contribution in [0.4, 0.5) is 0 Å². The Kier molecular flexibility index (Phi) is 3.38. The van der Waals surface area contributed by atoms with E-state index >= 15 is 0 Å². The zero-order valence-corrected chi connectivity index (χ0v) is 9.68. The molecule has 0 spiro atoms. The summed E-state index contributed by atoms with van der Waals surface area (Å²) in [7, 11) is 0. The second-order valence-corrected chi connectivity index (χ2v) is 4.74. The molecule has 1 aromatic rings.